The Morgan fingerprint density at radius 2 is 1.72 bits per heavy atom. The van der Waals surface area contributed by atoms with Crippen molar-refractivity contribution in [2.75, 3.05) is 12.8 Å². The molecule has 1 atom stereocenters. The van der Waals surface area contributed by atoms with Gasteiger partial charge in [-0.1, -0.05) is 18.2 Å². The summed E-state index contributed by atoms with van der Waals surface area (Å²) in [4.78, 5) is 38.5. The van der Waals surface area contributed by atoms with E-state index in [1.54, 1.807) is 19.1 Å². The molecule has 0 radical (unpaired) electrons. The third-order valence-corrected chi connectivity index (χ3v) is 5.83. The standard InChI is InChI=1S/C21H20N2O5S/c1-4-11-23-20(25)17-10-7-15(12-18(17)21(23)26)19(24)22-13(2)14-5-8-16(9-6-14)29(3,27)28/h4-10,12-13H,1,11H2,2-3H3,(H,22,24)/t13-/m1/s1. The van der Waals surface area contributed by atoms with Gasteiger partial charge in [-0.2, -0.15) is 0 Å². The average molecular weight is 412 g/mol. The molecule has 7 nitrogen and oxygen atoms in total. The van der Waals surface area contributed by atoms with Crippen LogP contribution in [0.3, 0.4) is 0 Å². The van der Waals surface area contributed by atoms with Crippen LogP contribution in [0.5, 0.6) is 0 Å². The minimum absolute atomic E-state index is 0.106. The molecule has 1 N–H and O–H groups in total. The first-order chi connectivity index (χ1) is 13.6. The number of benzene rings is 2. The SMILES string of the molecule is C=CCN1C(=O)c2ccc(C(=O)N[C@H](C)c3ccc(S(C)(=O)=O)cc3)cc2C1=O. The minimum atomic E-state index is -3.29. The van der Waals surface area contributed by atoms with Crippen molar-refractivity contribution in [3.8, 4) is 0 Å². The monoisotopic (exact) mass is 412 g/mol. The summed E-state index contributed by atoms with van der Waals surface area (Å²) in [6, 6.07) is 10.2. The third-order valence-electron chi connectivity index (χ3n) is 4.70. The predicted molar refractivity (Wildman–Crippen MR) is 107 cm³/mol. The van der Waals surface area contributed by atoms with Crippen molar-refractivity contribution in [1.82, 2.24) is 10.2 Å². The molecule has 0 unspecified atom stereocenters. The van der Waals surface area contributed by atoms with Crippen LogP contribution in [0.4, 0.5) is 0 Å². The lowest BCUT2D eigenvalue weighted by Gasteiger charge is -2.15. The molecule has 2 aromatic rings. The van der Waals surface area contributed by atoms with Gasteiger partial charge in [-0.05, 0) is 42.8 Å². The highest BCUT2D eigenvalue weighted by atomic mass is 32.2. The summed E-state index contributed by atoms with van der Waals surface area (Å²) in [5.74, 6) is -1.27. The van der Waals surface area contributed by atoms with E-state index in [4.69, 9.17) is 0 Å². The predicted octanol–water partition coefficient (Wildman–Crippen LogP) is 2.36. The van der Waals surface area contributed by atoms with Crippen LogP contribution in [0.1, 0.15) is 49.6 Å². The van der Waals surface area contributed by atoms with Gasteiger partial charge in [0.1, 0.15) is 0 Å². The van der Waals surface area contributed by atoms with E-state index in [9.17, 15) is 22.8 Å². The van der Waals surface area contributed by atoms with E-state index in [0.29, 0.717) is 0 Å². The molecule has 8 heteroatoms. The van der Waals surface area contributed by atoms with Crippen molar-refractivity contribution >= 4 is 27.6 Å². The molecule has 29 heavy (non-hydrogen) atoms. The first-order valence-electron chi connectivity index (χ1n) is 8.85. The van der Waals surface area contributed by atoms with Crippen molar-refractivity contribution in [1.29, 1.82) is 0 Å². The van der Waals surface area contributed by atoms with E-state index in [0.717, 1.165) is 16.7 Å². The average Bonchev–Trinajstić information content (AvgIpc) is 2.92. The molecule has 0 fully saturated rings. The van der Waals surface area contributed by atoms with Gasteiger partial charge in [0.05, 0.1) is 22.1 Å². The molecule has 1 aliphatic rings. The summed E-state index contributed by atoms with van der Waals surface area (Å²) in [7, 11) is -3.29. The Morgan fingerprint density at radius 3 is 2.31 bits per heavy atom. The molecule has 0 spiro atoms. The highest BCUT2D eigenvalue weighted by Gasteiger charge is 2.35. The molecule has 0 aromatic heterocycles. The van der Waals surface area contributed by atoms with Crippen LogP contribution in [0.2, 0.25) is 0 Å². The van der Waals surface area contributed by atoms with Crippen LogP contribution in [0.25, 0.3) is 0 Å². The molecule has 1 heterocycles. The fourth-order valence-corrected chi connectivity index (χ4v) is 3.72. The molecule has 0 saturated heterocycles. The molecular formula is C21H20N2O5S. The minimum Gasteiger partial charge on any atom is -0.346 e. The zero-order chi connectivity index (χ0) is 21.3. The number of imide groups is 1. The van der Waals surface area contributed by atoms with Gasteiger partial charge in [0.15, 0.2) is 9.84 Å². The van der Waals surface area contributed by atoms with Crippen molar-refractivity contribution in [2.24, 2.45) is 0 Å². The Morgan fingerprint density at radius 1 is 1.10 bits per heavy atom. The summed E-state index contributed by atoms with van der Waals surface area (Å²) in [6.07, 6.45) is 2.59. The zero-order valence-corrected chi connectivity index (χ0v) is 16.8. The van der Waals surface area contributed by atoms with Gasteiger partial charge in [0, 0.05) is 18.4 Å². The molecule has 3 amide bonds. The number of carbonyl (C=O) groups excluding carboxylic acids is 3. The Hall–Kier alpha value is -3.26. The van der Waals surface area contributed by atoms with E-state index in [2.05, 4.69) is 11.9 Å². The number of carbonyl (C=O) groups is 3. The van der Waals surface area contributed by atoms with Crippen LogP contribution in [-0.2, 0) is 9.84 Å². The third kappa shape index (κ3) is 3.97. The number of hydrogen-bond acceptors (Lipinski definition) is 5. The number of nitrogens with one attached hydrogen (secondary N) is 1. The fraction of sp³-hybridized carbons (Fsp3) is 0.190. The number of sulfone groups is 1. The van der Waals surface area contributed by atoms with E-state index in [1.807, 2.05) is 0 Å². The molecular weight excluding hydrogens is 392 g/mol. The lowest BCUT2D eigenvalue weighted by Crippen LogP contribution is -2.29. The van der Waals surface area contributed by atoms with Gasteiger partial charge >= 0.3 is 0 Å². The number of nitrogens with zero attached hydrogens (tertiary/aromatic N) is 1. The molecule has 1 aliphatic heterocycles. The second-order valence-corrected chi connectivity index (χ2v) is 8.82. The van der Waals surface area contributed by atoms with Crippen LogP contribution in [-0.4, -0.2) is 43.8 Å². The maximum atomic E-state index is 12.6. The van der Waals surface area contributed by atoms with Crippen molar-refractivity contribution in [2.45, 2.75) is 17.9 Å². The Kier molecular flexibility index (Phi) is 5.39. The topological polar surface area (TPSA) is 101 Å². The Balaban J connectivity index is 1.78. The maximum absolute atomic E-state index is 12.6. The zero-order valence-electron chi connectivity index (χ0n) is 16.0. The summed E-state index contributed by atoms with van der Waals surface area (Å²) in [5, 5.41) is 2.81. The van der Waals surface area contributed by atoms with Crippen LogP contribution in [0.15, 0.2) is 60.0 Å². The largest absolute Gasteiger partial charge is 0.346 e. The Bertz CT molecular complexity index is 1120. The van der Waals surface area contributed by atoms with E-state index >= 15 is 0 Å². The van der Waals surface area contributed by atoms with Gasteiger partial charge in [-0.15, -0.1) is 6.58 Å². The first kappa shape index (κ1) is 20.5. The Labute approximate surface area is 168 Å². The normalized spacial score (nSPS) is 14.5. The summed E-state index contributed by atoms with van der Waals surface area (Å²) in [5.41, 5.74) is 1.44. The first-order valence-corrected chi connectivity index (χ1v) is 10.7. The molecule has 3 rings (SSSR count). The molecule has 0 bridgehead atoms. The number of hydrogen-bond donors (Lipinski definition) is 1. The highest BCUT2D eigenvalue weighted by molar-refractivity contribution is 7.90. The van der Waals surface area contributed by atoms with Crippen molar-refractivity contribution in [3.05, 3.63) is 77.4 Å². The molecule has 2 aromatic carbocycles. The number of fused-ring (bicyclic) bond motifs is 1. The van der Waals surface area contributed by atoms with E-state index in [1.165, 1.54) is 36.4 Å². The number of amides is 3. The molecule has 150 valence electrons. The van der Waals surface area contributed by atoms with E-state index in [-0.39, 0.29) is 34.2 Å². The second-order valence-electron chi connectivity index (χ2n) is 6.81. The lowest BCUT2D eigenvalue weighted by atomic mass is 10.0. The quantitative estimate of drug-likeness (QED) is 0.580. The van der Waals surface area contributed by atoms with Gasteiger partial charge in [-0.25, -0.2) is 8.42 Å². The highest BCUT2D eigenvalue weighted by Crippen LogP contribution is 2.24. The van der Waals surface area contributed by atoms with E-state index < -0.39 is 27.6 Å². The fourth-order valence-electron chi connectivity index (χ4n) is 3.09. The van der Waals surface area contributed by atoms with Crippen molar-refractivity contribution in [3.63, 3.8) is 0 Å². The van der Waals surface area contributed by atoms with Gasteiger partial charge < -0.3 is 5.32 Å². The van der Waals surface area contributed by atoms with Crippen molar-refractivity contribution < 1.29 is 22.8 Å². The second kappa shape index (κ2) is 7.63. The van der Waals surface area contributed by atoms with Gasteiger partial charge in [0.25, 0.3) is 17.7 Å². The molecule has 0 aliphatic carbocycles. The van der Waals surface area contributed by atoms with Crippen LogP contribution >= 0.6 is 0 Å². The van der Waals surface area contributed by atoms with Gasteiger partial charge in [0.2, 0.25) is 0 Å². The summed E-state index contributed by atoms with van der Waals surface area (Å²) < 4.78 is 23.1. The van der Waals surface area contributed by atoms with Crippen LogP contribution < -0.4 is 5.32 Å². The maximum Gasteiger partial charge on any atom is 0.261 e. The summed E-state index contributed by atoms with van der Waals surface area (Å²) in [6.45, 7) is 5.41. The summed E-state index contributed by atoms with van der Waals surface area (Å²) >= 11 is 0. The smallest absolute Gasteiger partial charge is 0.261 e. The molecule has 0 saturated carbocycles. The lowest BCUT2D eigenvalue weighted by molar-refractivity contribution is 0.0671. The van der Waals surface area contributed by atoms with Gasteiger partial charge in [-0.3, -0.25) is 19.3 Å². The number of rotatable bonds is 6. The van der Waals surface area contributed by atoms with Crippen LogP contribution in [0, 0.1) is 0 Å².